The smallest absolute Gasteiger partial charge is 0.253 e. The second kappa shape index (κ2) is 8.27. The molecule has 3 rings (SSSR count). The predicted octanol–water partition coefficient (Wildman–Crippen LogP) is 3.83. The normalized spacial score (nSPS) is 15.1. The Bertz CT molecular complexity index is 757. The van der Waals surface area contributed by atoms with Crippen molar-refractivity contribution in [1.29, 1.82) is 0 Å². The molecule has 1 aliphatic heterocycles. The third kappa shape index (κ3) is 4.38. The SMILES string of the molecule is CNCC1CCN(C(=O)c2ccc(Oc3ccc(F)cc3F)cc2)CC1. The molecule has 138 valence electrons. The summed E-state index contributed by atoms with van der Waals surface area (Å²) in [6, 6.07) is 9.70. The zero-order valence-corrected chi connectivity index (χ0v) is 14.7. The Balaban J connectivity index is 1.61. The molecular weight excluding hydrogens is 338 g/mol. The van der Waals surface area contributed by atoms with Crippen molar-refractivity contribution in [2.75, 3.05) is 26.7 Å². The van der Waals surface area contributed by atoms with Crippen molar-refractivity contribution < 1.29 is 18.3 Å². The lowest BCUT2D eigenvalue weighted by atomic mass is 9.96. The molecule has 6 heteroatoms. The summed E-state index contributed by atoms with van der Waals surface area (Å²) < 4.78 is 32.0. The number of piperidine rings is 1. The van der Waals surface area contributed by atoms with E-state index in [-0.39, 0.29) is 11.7 Å². The van der Waals surface area contributed by atoms with E-state index in [4.69, 9.17) is 4.74 Å². The maximum Gasteiger partial charge on any atom is 0.253 e. The third-order valence-electron chi connectivity index (χ3n) is 4.62. The molecule has 0 bridgehead atoms. The highest BCUT2D eigenvalue weighted by molar-refractivity contribution is 5.94. The van der Waals surface area contributed by atoms with Gasteiger partial charge in [-0.2, -0.15) is 0 Å². The number of hydrogen-bond acceptors (Lipinski definition) is 3. The van der Waals surface area contributed by atoms with Crippen LogP contribution in [0.3, 0.4) is 0 Å². The van der Waals surface area contributed by atoms with Crippen LogP contribution in [0, 0.1) is 17.6 Å². The van der Waals surface area contributed by atoms with E-state index in [0.29, 0.717) is 17.2 Å². The molecular formula is C20H22F2N2O2. The molecule has 1 fully saturated rings. The molecule has 1 aliphatic rings. The molecule has 1 saturated heterocycles. The van der Waals surface area contributed by atoms with Gasteiger partial charge in [0.15, 0.2) is 11.6 Å². The number of nitrogens with one attached hydrogen (secondary N) is 1. The van der Waals surface area contributed by atoms with Gasteiger partial charge in [0.2, 0.25) is 0 Å². The van der Waals surface area contributed by atoms with E-state index in [9.17, 15) is 13.6 Å². The minimum absolute atomic E-state index is 0.00702. The molecule has 26 heavy (non-hydrogen) atoms. The van der Waals surface area contributed by atoms with Crippen LogP contribution in [0.15, 0.2) is 42.5 Å². The predicted molar refractivity (Wildman–Crippen MR) is 95.4 cm³/mol. The van der Waals surface area contributed by atoms with Gasteiger partial charge in [-0.25, -0.2) is 8.78 Å². The molecule has 1 N–H and O–H groups in total. The molecule has 0 unspecified atom stereocenters. The number of rotatable bonds is 5. The van der Waals surface area contributed by atoms with E-state index in [1.165, 1.54) is 6.07 Å². The van der Waals surface area contributed by atoms with Crippen LogP contribution < -0.4 is 10.1 Å². The monoisotopic (exact) mass is 360 g/mol. The second-order valence-electron chi connectivity index (χ2n) is 6.49. The molecule has 0 spiro atoms. The number of carbonyl (C=O) groups excluding carboxylic acids is 1. The van der Waals surface area contributed by atoms with Crippen molar-refractivity contribution >= 4 is 5.91 Å². The Kier molecular flexibility index (Phi) is 5.83. The van der Waals surface area contributed by atoms with Crippen LogP contribution in [-0.4, -0.2) is 37.5 Å². The second-order valence-corrected chi connectivity index (χ2v) is 6.49. The number of amides is 1. The lowest BCUT2D eigenvalue weighted by molar-refractivity contribution is 0.0691. The van der Waals surface area contributed by atoms with Crippen molar-refractivity contribution in [2.45, 2.75) is 12.8 Å². The first kappa shape index (κ1) is 18.3. The van der Waals surface area contributed by atoms with Crippen LogP contribution in [0.5, 0.6) is 11.5 Å². The summed E-state index contributed by atoms with van der Waals surface area (Å²) >= 11 is 0. The minimum atomic E-state index is -0.769. The standard InChI is InChI=1S/C20H22F2N2O2/c1-23-13-14-8-10-24(11-9-14)20(25)15-2-5-17(6-3-15)26-19-7-4-16(21)12-18(19)22/h2-7,12,14,23H,8-11,13H2,1H3. The third-order valence-corrected chi connectivity index (χ3v) is 4.62. The van der Waals surface area contributed by atoms with Crippen LogP contribution in [0.25, 0.3) is 0 Å². The Labute approximate surface area is 151 Å². The molecule has 0 aliphatic carbocycles. The number of nitrogens with zero attached hydrogens (tertiary/aromatic N) is 1. The average molecular weight is 360 g/mol. The lowest BCUT2D eigenvalue weighted by Crippen LogP contribution is -2.40. The zero-order valence-electron chi connectivity index (χ0n) is 14.7. The molecule has 2 aromatic rings. The summed E-state index contributed by atoms with van der Waals surface area (Å²) in [5, 5.41) is 3.18. The van der Waals surface area contributed by atoms with E-state index >= 15 is 0 Å². The molecule has 1 heterocycles. The van der Waals surface area contributed by atoms with E-state index < -0.39 is 11.6 Å². The van der Waals surface area contributed by atoms with Gasteiger partial charge >= 0.3 is 0 Å². The van der Waals surface area contributed by atoms with Gasteiger partial charge in [-0.15, -0.1) is 0 Å². The van der Waals surface area contributed by atoms with Gasteiger partial charge in [-0.3, -0.25) is 4.79 Å². The minimum Gasteiger partial charge on any atom is -0.454 e. The Morgan fingerprint density at radius 2 is 1.85 bits per heavy atom. The van der Waals surface area contributed by atoms with Crippen molar-refractivity contribution in [1.82, 2.24) is 10.2 Å². The van der Waals surface area contributed by atoms with Crippen molar-refractivity contribution in [3.63, 3.8) is 0 Å². The topological polar surface area (TPSA) is 41.6 Å². The van der Waals surface area contributed by atoms with E-state index in [2.05, 4.69) is 5.32 Å². The van der Waals surface area contributed by atoms with Gasteiger partial charge < -0.3 is 15.0 Å². The molecule has 4 nitrogen and oxygen atoms in total. The zero-order chi connectivity index (χ0) is 18.5. The Morgan fingerprint density at radius 3 is 2.46 bits per heavy atom. The van der Waals surface area contributed by atoms with Gasteiger partial charge in [0.05, 0.1) is 0 Å². The molecule has 0 saturated carbocycles. The highest BCUT2D eigenvalue weighted by Gasteiger charge is 2.23. The van der Waals surface area contributed by atoms with Crippen LogP contribution in [-0.2, 0) is 0 Å². The fourth-order valence-electron chi connectivity index (χ4n) is 3.16. The maximum atomic E-state index is 13.6. The number of halogens is 2. The quantitative estimate of drug-likeness (QED) is 0.881. The van der Waals surface area contributed by atoms with Gasteiger partial charge in [0, 0.05) is 24.7 Å². The van der Waals surface area contributed by atoms with Crippen molar-refractivity contribution in [3.05, 3.63) is 59.7 Å². The average Bonchev–Trinajstić information content (AvgIpc) is 2.65. The first-order valence-corrected chi connectivity index (χ1v) is 8.73. The fourth-order valence-corrected chi connectivity index (χ4v) is 3.16. The molecule has 0 atom stereocenters. The van der Waals surface area contributed by atoms with Crippen molar-refractivity contribution in [2.24, 2.45) is 5.92 Å². The number of benzene rings is 2. The number of ether oxygens (including phenoxy) is 1. The van der Waals surface area contributed by atoms with Crippen LogP contribution >= 0.6 is 0 Å². The maximum absolute atomic E-state index is 13.6. The Morgan fingerprint density at radius 1 is 1.15 bits per heavy atom. The van der Waals surface area contributed by atoms with Crippen LogP contribution in [0.1, 0.15) is 23.2 Å². The van der Waals surface area contributed by atoms with Gasteiger partial charge in [-0.1, -0.05) is 0 Å². The summed E-state index contributed by atoms with van der Waals surface area (Å²) in [5.74, 6) is -0.487. The molecule has 0 aromatic heterocycles. The number of likely N-dealkylation sites (tertiary alicyclic amines) is 1. The first-order valence-electron chi connectivity index (χ1n) is 8.73. The van der Waals surface area contributed by atoms with Gasteiger partial charge in [-0.05, 0) is 68.8 Å². The Hall–Kier alpha value is -2.47. The number of carbonyl (C=O) groups is 1. The van der Waals surface area contributed by atoms with Gasteiger partial charge in [0.25, 0.3) is 5.91 Å². The number of hydrogen-bond donors (Lipinski definition) is 1. The highest BCUT2D eigenvalue weighted by atomic mass is 19.1. The fraction of sp³-hybridized carbons (Fsp3) is 0.350. The van der Waals surface area contributed by atoms with Gasteiger partial charge in [0.1, 0.15) is 11.6 Å². The largest absolute Gasteiger partial charge is 0.454 e. The van der Waals surface area contributed by atoms with Crippen molar-refractivity contribution in [3.8, 4) is 11.5 Å². The lowest BCUT2D eigenvalue weighted by Gasteiger charge is -2.32. The first-order chi connectivity index (χ1) is 12.6. The van der Waals surface area contributed by atoms with Crippen LogP contribution in [0.4, 0.5) is 8.78 Å². The molecule has 0 radical (unpaired) electrons. The summed E-state index contributed by atoms with van der Waals surface area (Å²) in [4.78, 5) is 14.5. The van der Waals surface area contributed by atoms with E-state index in [1.807, 2.05) is 11.9 Å². The summed E-state index contributed by atoms with van der Waals surface area (Å²) in [7, 11) is 1.94. The molecule has 1 amide bonds. The molecule has 2 aromatic carbocycles. The van der Waals surface area contributed by atoms with Crippen LogP contribution in [0.2, 0.25) is 0 Å². The highest BCUT2D eigenvalue weighted by Crippen LogP contribution is 2.26. The summed E-state index contributed by atoms with van der Waals surface area (Å²) in [6.07, 6.45) is 2.00. The van der Waals surface area contributed by atoms with E-state index in [1.54, 1.807) is 24.3 Å². The summed E-state index contributed by atoms with van der Waals surface area (Å²) in [6.45, 7) is 2.49. The van der Waals surface area contributed by atoms with E-state index in [0.717, 1.165) is 44.6 Å². The summed E-state index contributed by atoms with van der Waals surface area (Å²) in [5.41, 5.74) is 0.573.